The summed E-state index contributed by atoms with van der Waals surface area (Å²) in [4.78, 5) is 27.0. The molecule has 138 valence electrons. The molecule has 4 nitrogen and oxygen atoms in total. The lowest BCUT2D eigenvalue weighted by Gasteiger charge is -2.31. The highest BCUT2D eigenvalue weighted by molar-refractivity contribution is 6.31. The molecule has 1 fully saturated rings. The van der Waals surface area contributed by atoms with Crippen LogP contribution in [0, 0.1) is 0 Å². The lowest BCUT2D eigenvalue weighted by molar-refractivity contribution is -0.141. The summed E-state index contributed by atoms with van der Waals surface area (Å²) in [5, 5.41) is 3.75. The van der Waals surface area contributed by atoms with Crippen LogP contribution >= 0.6 is 11.6 Å². The molecule has 1 saturated carbocycles. The van der Waals surface area contributed by atoms with E-state index in [0.717, 1.165) is 37.7 Å². The van der Waals surface area contributed by atoms with E-state index in [0.29, 0.717) is 18.0 Å². The number of amides is 2. The van der Waals surface area contributed by atoms with Gasteiger partial charge >= 0.3 is 0 Å². The zero-order valence-corrected chi connectivity index (χ0v) is 16.0. The Bertz CT molecular complexity index is 585. The highest BCUT2D eigenvalue weighted by Gasteiger charge is 2.27. The van der Waals surface area contributed by atoms with Crippen LogP contribution in [0.4, 0.5) is 0 Å². The average molecular weight is 365 g/mol. The zero-order valence-electron chi connectivity index (χ0n) is 15.3. The van der Waals surface area contributed by atoms with Crippen molar-refractivity contribution in [3.8, 4) is 0 Å². The molecule has 0 aromatic heterocycles. The Morgan fingerprint density at radius 3 is 2.56 bits per heavy atom. The third-order valence-electron chi connectivity index (χ3n) is 4.88. The molecule has 1 aromatic carbocycles. The van der Waals surface area contributed by atoms with Crippen LogP contribution in [-0.2, 0) is 16.1 Å². The molecule has 0 spiro atoms. The van der Waals surface area contributed by atoms with Crippen LogP contribution in [0.5, 0.6) is 0 Å². The van der Waals surface area contributed by atoms with E-state index < -0.39 is 6.04 Å². The molecule has 1 unspecified atom stereocenters. The van der Waals surface area contributed by atoms with Crippen molar-refractivity contribution in [3.63, 3.8) is 0 Å². The topological polar surface area (TPSA) is 49.4 Å². The van der Waals surface area contributed by atoms with Crippen molar-refractivity contribution < 1.29 is 9.59 Å². The van der Waals surface area contributed by atoms with E-state index in [1.54, 1.807) is 4.90 Å². The fraction of sp³-hybridized carbons (Fsp3) is 0.600. The molecule has 0 saturated heterocycles. The Kier molecular flexibility index (Phi) is 7.76. The molecule has 1 N–H and O–H groups in total. The maximum atomic E-state index is 12.7. The Morgan fingerprint density at radius 1 is 1.24 bits per heavy atom. The molecular weight excluding hydrogens is 336 g/mol. The summed E-state index contributed by atoms with van der Waals surface area (Å²) < 4.78 is 0. The highest BCUT2D eigenvalue weighted by atomic mass is 35.5. The second-order valence-corrected chi connectivity index (χ2v) is 7.29. The zero-order chi connectivity index (χ0) is 18.2. The monoisotopic (exact) mass is 364 g/mol. The predicted molar refractivity (Wildman–Crippen MR) is 101 cm³/mol. The number of benzene rings is 1. The highest BCUT2D eigenvalue weighted by Crippen LogP contribution is 2.21. The van der Waals surface area contributed by atoms with Gasteiger partial charge in [0.1, 0.15) is 6.04 Å². The van der Waals surface area contributed by atoms with Gasteiger partial charge in [0, 0.05) is 24.0 Å². The van der Waals surface area contributed by atoms with E-state index in [9.17, 15) is 9.59 Å². The van der Waals surface area contributed by atoms with Gasteiger partial charge in [0.25, 0.3) is 0 Å². The minimum absolute atomic E-state index is 0.00582. The van der Waals surface area contributed by atoms with E-state index in [1.807, 2.05) is 38.1 Å². The minimum atomic E-state index is -0.503. The van der Waals surface area contributed by atoms with Gasteiger partial charge in [-0.05, 0) is 37.8 Å². The second kappa shape index (κ2) is 9.81. The fourth-order valence-corrected chi connectivity index (χ4v) is 3.51. The van der Waals surface area contributed by atoms with E-state index in [-0.39, 0.29) is 17.9 Å². The third-order valence-corrected chi connectivity index (χ3v) is 5.25. The molecule has 25 heavy (non-hydrogen) atoms. The normalized spacial score (nSPS) is 16.3. The number of halogens is 1. The van der Waals surface area contributed by atoms with Crippen molar-refractivity contribution in [2.45, 2.75) is 77.4 Å². The van der Waals surface area contributed by atoms with Crippen LogP contribution in [-0.4, -0.2) is 28.8 Å². The SMILES string of the molecule is CCCC(=O)N(Cc1ccccc1Cl)C(C)C(=O)NC1CCCCC1. The summed E-state index contributed by atoms with van der Waals surface area (Å²) in [7, 11) is 0. The van der Waals surface area contributed by atoms with Gasteiger partial charge in [-0.2, -0.15) is 0 Å². The Balaban J connectivity index is 2.08. The maximum Gasteiger partial charge on any atom is 0.242 e. The van der Waals surface area contributed by atoms with Gasteiger partial charge in [-0.1, -0.05) is 56.0 Å². The number of carbonyl (C=O) groups is 2. The van der Waals surface area contributed by atoms with Crippen molar-refractivity contribution >= 4 is 23.4 Å². The van der Waals surface area contributed by atoms with E-state index in [4.69, 9.17) is 11.6 Å². The van der Waals surface area contributed by atoms with Crippen LogP contribution in [0.3, 0.4) is 0 Å². The van der Waals surface area contributed by atoms with Crippen molar-refractivity contribution in [1.29, 1.82) is 0 Å². The number of nitrogens with one attached hydrogen (secondary N) is 1. The Labute approximate surface area is 155 Å². The van der Waals surface area contributed by atoms with Crippen LogP contribution in [0.25, 0.3) is 0 Å². The van der Waals surface area contributed by atoms with Gasteiger partial charge in [0.05, 0.1) is 0 Å². The molecule has 0 bridgehead atoms. The first-order valence-electron chi connectivity index (χ1n) is 9.36. The lowest BCUT2D eigenvalue weighted by Crippen LogP contribution is -2.50. The quantitative estimate of drug-likeness (QED) is 0.783. The van der Waals surface area contributed by atoms with Crippen molar-refractivity contribution in [3.05, 3.63) is 34.9 Å². The van der Waals surface area contributed by atoms with E-state index >= 15 is 0 Å². The van der Waals surface area contributed by atoms with Crippen LogP contribution in [0.1, 0.15) is 64.4 Å². The molecule has 2 rings (SSSR count). The summed E-state index contributed by atoms with van der Waals surface area (Å²) >= 11 is 6.25. The first-order chi connectivity index (χ1) is 12.0. The van der Waals surface area contributed by atoms with E-state index in [2.05, 4.69) is 5.32 Å². The standard InChI is InChI=1S/C20H29ClN2O2/c1-3-9-19(24)23(14-16-10-7-8-13-18(16)21)15(2)20(25)22-17-11-5-4-6-12-17/h7-8,10,13,15,17H,3-6,9,11-12,14H2,1-2H3,(H,22,25). The second-order valence-electron chi connectivity index (χ2n) is 6.88. The predicted octanol–water partition coefficient (Wildman–Crippen LogP) is 4.31. The molecular formula is C20H29ClN2O2. The first kappa shape index (κ1) is 19.8. The lowest BCUT2D eigenvalue weighted by atomic mass is 9.95. The molecule has 1 aliphatic rings. The molecule has 1 aromatic rings. The summed E-state index contributed by atoms with van der Waals surface area (Å²) in [6.45, 7) is 4.14. The van der Waals surface area contributed by atoms with Gasteiger partial charge in [0.15, 0.2) is 0 Å². The molecule has 5 heteroatoms. The Hall–Kier alpha value is -1.55. The van der Waals surface area contributed by atoms with Crippen LogP contribution in [0.15, 0.2) is 24.3 Å². The number of carbonyl (C=O) groups excluding carboxylic acids is 2. The number of hydrogen-bond acceptors (Lipinski definition) is 2. The number of rotatable bonds is 7. The van der Waals surface area contributed by atoms with Crippen LogP contribution < -0.4 is 5.32 Å². The largest absolute Gasteiger partial charge is 0.352 e. The summed E-state index contributed by atoms with van der Waals surface area (Å²) in [5.41, 5.74) is 0.867. The van der Waals surface area contributed by atoms with Crippen molar-refractivity contribution in [2.75, 3.05) is 0 Å². The smallest absolute Gasteiger partial charge is 0.242 e. The summed E-state index contributed by atoms with van der Waals surface area (Å²) in [6, 6.07) is 7.22. The van der Waals surface area contributed by atoms with E-state index in [1.165, 1.54) is 6.42 Å². The molecule has 1 atom stereocenters. The van der Waals surface area contributed by atoms with Gasteiger partial charge in [-0.15, -0.1) is 0 Å². The average Bonchev–Trinajstić information content (AvgIpc) is 2.61. The molecule has 2 amide bonds. The van der Waals surface area contributed by atoms with Crippen LogP contribution in [0.2, 0.25) is 5.02 Å². The number of hydrogen-bond donors (Lipinski definition) is 1. The molecule has 0 aliphatic heterocycles. The molecule has 0 heterocycles. The van der Waals surface area contributed by atoms with Gasteiger partial charge in [-0.25, -0.2) is 0 Å². The third kappa shape index (κ3) is 5.74. The Morgan fingerprint density at radius 2 is 1.92 bits per heavy atom. The summed E-state index contributed by atoms with van der Waals surface area (Å²) in [6.07, 6.45) is 6.84. The molecule has 1 aliphatic carbocycles. The maximum absolute atomic E-state index is 12.7. The van der Waals surface area contributed by atoms with Gasteiger partial charge in [-0.3, -0.25) is 9.59 Å². The van der Waals surface area contributed by atoms with Gasteiger partial charge < -0.3 is 10.2 Å². The first-order valence-corrected chi connectivity index (χ1v) is 9.74. The van der Waals surface area contributed by atoms with Gasteiger partial charge in [0.2, 0.25) is 11.8 Å². The summed E-state index contributed by atoms with van der Waals surface area (Å²) in [5.74, 6) is -0.0721. The van der Waals surface area contributed by atoms with Crippen molar-refractivity contribution in [1.82, 2.24) is 10.2 Å². The fourth-order valence-electron chi connectivity index (χ4n) is 3.32. The van der Waals surface area contributed by atoms with Crippen molar-refractivity contribution in [2.24, 2.45) is 0 Å². The minimum Gasteiger partial charge on any atom is -0.352 e. The molecule has 0 radical (unpaired) electrons. The number of nitrogens with zero attached hydrogens (tertiary/aromatic N) is 1.